The Hall–Kier alpha value is -1.39. The summed E-state index contributed by atoms with van der Waals surface area (Å²) in [5.41, 5.74) is 4.22. The molecule has 1 aromatic heterocycles. The van der Waals surface area contributed by atoms with Crippen molar-refractivity contribution in [2.24, 2.45) is 0 Å². The third kappa shape index (κ3) is 2.26. The van der Waals surface area contributed by atoms with Gasteiger partial charge in [0.05, 0.1) is 19.1 Å². The maximum absolute atomic E-state index is 5.84. The molecule has 1 aromatic carbocycles. The van der Waals surface area contributed by atoms with Gasteiger partial charge in [0, 0.05) is 13.1 Å². The van der Waals surface area contributed by atoms with Crippen molar-refractivity contribution in [3.63, 3.8) is 0 Å². The normalized spacial score (nSPS) is 20.4. The van der Waals surface area contributed by atoms with E-state index < -0.39 is 0 Å². The van der Waals surface area contributed by atoms with Crippen molar-refractivity contribution in [2.75, 3.05) is 19.7 Å². The fraction of sp³-hybridized carbons (Fsp3) is 0.500. The lowest BCUT2D eigenvalue weighted by molar-refractivity contribution is 0.0257. The first-order valence-electron chi connectivity index (χ1n) is 6.41. The maximum Gasteiger partial charge on any atom is 0.198 e. The molecule has 0 aliphatic carbocycles. The molecule has 3 rings (SSSR count). The van der Waals surface area contributed by atoms with E-state index in [1.54, 1.807) is 0 Å². The third-order valence-electron chi connectivity index (χ3n) is 3.27. The van der Waals surface area contributed by atoms with Crippen LogP contribution in [-0.2, 0) is 11.2 Å². The van der Waals surface area contributed by atoms with Crippen LogP contribution in [0, 0.1) is 13.8 Å². The van der Waals surface area contributed by atoms with Crippen molar-refractivity contribution in [2.45, 2.75) is 26.4 Å². The van der Waals surface area contributed by atoms with Gasteiger partial charge in [-0.3, -0.25) is 0 Å². The first-order chi connectivity index (χ1) is 8.72. The zero-order valence-electron chi connectivity index (χ0n) is 10.8. The van der Waals surface area contributed by atoms with Crippen molar-refractivity contribution < 1.29 is 9.15 Å². The Labute approximate surface area is 106 Å². The third-order valence-corrected chi connectivity index (χ3v) is 3.27. The smallest absolute Gasteiger partial charge is 0.198 e. The van der Waals surface area contributed by atoms with Crippen molar-refractivity contribution in [1.29, 1.82) is 0 Å². The molecule has 2 aromatic rings. The van der Waals surface area contributed by atoms with Gasteiger partial charge in [-0.2, -0.15) is 0 Å². The van der Waals surface area contributed by atoms with Crippen LogP contribution in [0.3, 0.4) is 0 Å². The fourth-order valence-electron chi connectivity index (χ4n) is 2.46. The topological polar surface area (TPSA) is 47.3 Å². The van der Waals surface area contributed by atoms with E-state index in [0.717, 1.165) is 48.7 Å². The van der Waals surface area contributed by atoms with Crippen molar-refractivity contribution in [3.8, 4) is 0 Å². The molecule has 0 spiro atoms. The zero-order valence-corrected chi connectivity index (χ0v) is 10.8. The number of fused-ring (bicyclic) bond motifs is 1. The van der Waals surface area contributed by atoms with E-state index in [2.05, 4.69) is 36.3 Å². The highest BCUT2D eigenvalue weighted by Crippen LogP contribution is 2.22. The number of aromatic nitrogens is 1. The summed E-state index contributed by atoms with van der Waals surface area (Å²) in [6.45, 7) is 6.71. The molecule has 1 unspecified atom stereocenters. The van der Waals surface area contributed by atoms with E-state index in [-0.39, 0.29) is 6.10 Å². The summed E-state index contributed by atoms with van der Waals surface area (Å²) >= 11 is 0. The number of oxazole rings is 1. The molecule has 0 radical (unpaired) electrons. The summed E-state index contributed by atoms with van der Waals surface area (Å²) < 4.78 is 11.5. The van der Waals surface area contributed by atoms with E-state index in [0.29, 0.717) is 0 Å². The first-order valence-corrected chi connectivity index (χ1v) is 6.41. The maximum atomic E-state index is 5.84. The second kappa shape index (κ2) is 4.71. The molecule has 1 fully saturated rings. The number of morpholine rings is 1. The fourth-order valence-corrected chi connectivity index (χ4v) is 2.46. The van der Waals surface area contributed by atoms with Crippen LogP contribution in [0.4, 0.5) is 0 Å². The molecular formula is C14H18N2O2. The molecule has 0 amide bonds. The van der Waals surface area contributed by atoms with Gasteiger partial charge in [-0.15, -0.1) is 0 Å². The minimum absolute atomic E-state index is 0.174. The number of hydrogen-bond acceptors (Lipinski definition) is 4. The van der Waals surface area contributed by atoms with Gasteiger partial charge in [0.25, 0.3) is 0 Å². The van der Waals surface area contributed by atoms with Gasteiger partial charge in [-0.1, -0.05) is 6.07 Å². The average Bonchev–Trinajstić information content (AvgIpc) is 2.73. The van der Waals surface area contributed by atoms with E-state index in [1.165, 1.54) is 5.56 Å². The number of nitrogens with one attached hydrogen (secondary N) is 1. The summed E-state index contributed by atoms with van der Waals surface area (Å²) in [5, 5.41) is 3.31. The van der Waals surface area contributed by atoms with Crippen LogP contribution in [0.25, 0.3) is 11.1 Å². The Morgan fingerprint density at radius 3 is 3.06 bits per heavy atom. The number of rotatable bonds is 2. The van der Waals surface area contributed by atoms with Crippen molar-refractivity contribution >= 4 is 11.1 Å². The molecule has 0 saturated carbocycles. The van der Waals surface area contributed by atoms with Crippen molar-refractivity contribution in [3.05, 3.63) is 29.2 Å². The molecule has 96 valence electrons. The summed E-state index contributed by atoms with van der Waals surface area (Å²) in [6, 6.07) is 4.19. The van der Waals surface area contributed by atoms with Gasteiger partial charge in [-0.05, 0) is 31.0 Å². The Balaban J connectivity index is 1.86. The summed E-state index contributed by atoms with van der Waals surface area (Å²) in [7, 11) is 0. The molecule has 1 saturated heterocycles. The molecule has 1 aliphatic rings. The number of nitrogens with zero attached hydrogens (tertiary/aromatic N) is 1. The number of ether oxygens (including phenoxy) is 1. The number of hydrogen-bond donors (Lipinski definition) is 1. The van der Waals surface area contributed by atoms with Gasteiger partial charge < -0.3 is 14.5 Å². The van der Waals surface area contributed by atoms with Gasteiger partial charge in [-0.25, -0.2) is 4.98 Å². The lowest BCUT2D eigenvalue weighted by atomic mass is 10.1. The molecule has 2 heterocycles. The van der Waals surface area contributed by atoms with E-state index in [4.69, 9.17) is 9.15 Å². The standard InChI is InChI=1S/C14H18N2O2/c1-9-5-10(2)14-12(6-9)16-13(18-14)7-11-8-15-3-4-17-11/h5-6,11,15H,3-4,7-8H2,1-2H3. The molecule has 1 N–H and O–H groups in total. The molecule has 0 bridgehead atoms. The Kier molecular flexibility index (Phi) is 3.06. The van der Waals surface area contributed by atoms with Crippen LogP contribution in [-0.4, -0.2) is 30.8 Å². The number of benzene rings is 1. The lowest BCUT2D eigenvalue weighted by Crippen LogP contribution is -2.39. The van der Waals surface area contributed by atoms with E-state index in [9.17, 15) is 0 Å². The molecule has 1 aliphatic heterocycles. The molecule has 1 atom stereocenters. The van der Waals surface area contributed by atoms with E-state index in [1.807, 2.05) is 0 Å². The van der Waals surface area contributed by atoms with Crippen LogP contribution in [0.15, 0.2) is 16.5 Å². The highest BCUT2D eigenvalue weighted by Gasteiger charge is 2.17. The molecule has 4 heteroatoms. The van der Waals surface area contributed by atoms with Crippen LogP contribution in [0.5, 0.6) is 0 Å². The Bertz CT molecular complexity index is 556. The van der Waals surface area contributed by atoms with Gasteiger partial charge in [0.15, 0.2) is 11.5 Å². The summed E-state index contributed by atoms with van der Waals surface area (Å²) in [5.74, 6) is 0.771. The molecular weight excluding hydrogens is 228 g/mol. The van der Waals surface area contributed by atoms with Crippen LogP contribution < -0.4 is 5.32 Å². The average molecular weight is 246 g/mol. The minimum Gasteiger partial charge on any atom is -0.440 e. The number of aryl methyl sites for hydroxylation is 2. The molecule has 4 nitrogen and oxygen atoms in total. The highest BCUT2D eigenvalue weighted by molar-refractivity contribution is 5.77. The van der Waals surface area contributed by atoms with Gasteiger partial charge >= 0.3 is 0 Å². The monoisotopic (exact) mass is 246 g/mol. The predicted molar refractivity (Wildman–Crippen MR) is 69.8 cm³/mol. The Morgan fingerprint density at radius 1 is 1.39 bits per heavy atom. The second-order valence-corrected chi connectivity index (χ2v) is 4.94. The highest BCUT2D eigenvalue weighted by atomic mass is 16.5. The zero-order chi connectivity index (χ0) is 12.5. The van der Waals surface area contributed by atoms with Crippen LogP contribution in [0.2, 0.25) is 0 Å². The largest absolute Gasteiger partial charge is 0.440 e. The van der Waals surface area contributed by atoms with Gasteiger partial charge in [0.2, 0.25) is 0 Å². The van der Waals surface area contributed by atoms with Crippen LogP contribution in [0.1, 0.15) is 17.0 Å². The SMILES string of the molecule is Cc1cc(C)c2oc(CC3CNCCO3)nc2c1. The predicted octanol–water partition coefficient (Wildman–Crippen LogP) is 1.98. The summed E-state index contributed by atoms with van der Waals surface area (Å²) in [6.07, 6.45) is 0.911. The quantitative estimate of drug-likeness (QED) is 0.880. The molecule has 18 heavy (non-hydrogen) atoms. The second-order valence-electron chi connectivity index (χ2n) is 4.94. The summed E-state index contributed by atoms with van der Waals surface area (Å²) in [4.78, 5) is 4.55. The minimum atomic E-state index is 0.174. The first kappa shape index (κ1) is 11.7. The van der Waals surface area contributed by atoms with Crippen LogP contribution >= 0.6 is 0 Å². The van der Waals surface area contributed by atoms with Gasteiger partial charge in [0.1, 0.15) is 5.52 Å². The van der Waals surface area contributed by atoms with E-state index >= 15 is 0 Å². The Morgan fingerprint density at radius 2 is 2.28 bits per heavy atom. The lowest BCUT2D eigenvalue weighted by Gasteiger charge is -2.22. The van der Waals surface area contributed by atoms with Crippen molar-refractivity contribution in [1.82, 2.24) is 10.3 Å².